The average molecular weight is 340 g/mol. The molecule has 1 aromatic carbocycles. The Morgan fingerprint density at radius 3 is 2.40 bits per heavy atom. The summed E-state index contributed by atoms with van der Waals surface area (Å²) in [4.78, 5) is 27.8. The van der Waals surface area contributed by atoms with Crippen molar-refractivity contribution in [1.82, 2.24) is 10.3 Å². The summed E-state index contributed by atoms with van der Waals surface area (Å²) in [6.07, 6.45) is 4.63. The zero-order chi connectivity index (χ0) is 18.2. The Balaban J connectivity index is 2.00. The van der Waals surface area contributed by atoms with Crippen LogP contribution in [0.5, 0.6) is 0 Å². The van der Waals surface area contributed by atoms with E-state index in [0.717, 1.165) is 23.2 Å². The van der Waals surface area contributed by atoms with E-state index in [-0.39, 0.29) is 18.0 Å². The van der Waals surface area contributed by atoms with Crippen LogP contribution < -0.4 is 16.0 Å². The van der Waals surface area contributed by atoms with Gasteiger partial charge >= 0.3 is 6.03 Å². The van der Waals surface area contributed by atoms with E-state index >= 15 is 0 Å². The second-order valence-electron chi connectivity index (χ2n) is 5.77. The number of nitrogens with one attached hydrogen (secondary N) is 3. The molecule has 1 aromatic heterocycles. The molecule has 2 rings (SSSR count). The molecule has 0 bridgehead atoms. The fourth-order valence-corrected chi connectivity index (χ4v) is 2.46. The Bertz CT molecular complexity index is 731. The van der Waals surface area contributed by atoms with E-state index in [1.165, 1.54) is 0 Å². The molecule has 0 aliphatic heterocycles. The number of rotatable bonds is 6. The third-order valence-electron chi connectivity index (χ3n) is 3.90. The van der Waals surface area contributed by atoms with Gasteiger partial charge < -0.3 is 16.0 Å². The number of hydrogen-bond donors (Lipinski definition) is 3. The highest BCUT2D eigenvalue weighted by Crippen LogP contribution is 2.20. The van der Waals surface area contributed by atoms with E-state index in [9.17, 15) is 9.59 Å². The summed E-state index contributed by atoms with van der Waals surface area (Å²) in [6.45, 7) is 5.71. The molecule has 6 nitrogen and oxygen atoms in total. The van der Waals surface area contributed by atoms with Gasteiger partial charge in [-0.05, 0) is 54.8 Å². The molecule has 3 amide bonds. The maximum absolute atomic E-state index is 12.3. The number of benzene rings is 1. The molecule has 1 unspecified atom stereocenters. The number of anilines is 2. The predicted octanol–water partition coefficient (Wildman–Crippen LogP) is 4.01. The molecule has 0 saturated heterocycles. The second-order valence-corrected chi connectivity index (χ2v) is 5.77. The largest absolute Gasteiger partial charge is 0.331 e. The molecule has 25 heavy (non-hydrogen) atoms. The minimum Gasteiger partial charge on any atom is -0.331 e. The molecule has 0 saturated carbocycles. The number of aromatic nitrogens is 1. The van der Waals surface area contributed by atoms with Crippen LogP contribution in [0.1, 0.15) is 43.9 Å². The van der Waals surface area contributed by atoms with E-state index in [4.69, 9.17) is 0 Å². The lowest BCUT2D eigenvalue weighted by Crippen LogP contribution is -2.32. The van der Waals surface area contributed by atoms with Gasteiger partial charge in [0.2, 0.25) is 5.91 Å². The summed E-state index contributed by atoms with van der Waals surface area (Å²) in [7, 11) is 0. The standard InChI is InChI=1S/C19H24N4O2/c1-4-16(14-8-10-20-11-9-14)23-19(25)21-15-6-7-17(13(3)12-15)22-18(24)5-2/h6-12,16H,4-5H2,1-3H3,(H,22,24)(H2,21,23,25). The lowest BCUT2D eigenvalue weighted by molar-refractivity contribution is -0.115. The molecule has 2 aromatic rings. The fourth-order valence-electron chi connectivity index (χ4n) is 2.46. The summed E-state index contributed by atoms with van der Waals surface area (Å²) in [5.41, 5.74) is 3.33. The van der Waals surface area contributed by atoms with E-state index < -0.39 is 0 Å². The van der Waals surface area contributed by atoms with E-state index in [1.807, 2.05) is 32.0 Å². The van der Waals surface area contributed by atoms with E-state index in [2.05, 4.69) is 20.9 Å². The highest BCUT2D eigenvalue weighted by molar-refractivity contribution is 5.93. The Labute approximate surface area is 148 Å². The molecular formula is C19H24N4O2. The predicted molar refractivity (Wildman–Crippen MR) is 99.5 cm³/mol. The molecule has 132 valence electrons. The first kappa shape index (κ1) is 18.4. The molecule has 0 radical (unpaired) electrons. The van der Waals surface area contributed by atoms with E-state index in [0.29, 0.717) is 12.1 Å². The maximum Gasteiger partial charge on any atom is 0.319 e. The molecular weight excluding hydrogens is 316 g/mol. The van der Waals surface area contributed by atoms with Gasteiger partial charge in [0.1, 0.15) is 0 Å². The quantitative estimate of drug-likeness (QED) is 0.743. The Hall–Kier alpha value is -2.89. The zero-order valence-corrected chi connectivity index (χ0v) is 14.8. The fraction of sp³-hybridized carbons (Fsp3) is 0.316. The summed E-state index contributed by atoms with van der Waals surface area (Å²) < 4.78 is 0. The van der Waals surface area contributed by atoms with Gasteiger partial charge in [-0.2, -0.15) is 0 Å². The molecule has 6 heteroatoms. The van der Waals surface area contributed by atoms with Gasteiger partial charge in [0.15, 0.2) is 0 Å². The Morgan fingerprint density at radius 2 is 1.80 bits per heavy atom. The van der Waals surface area contributed by atoms with Crippen molar-refractivity contribution < 1.29 is 9.59 Å². The van der Waals surface area contributed by atoms with Gasteiger partial charge in [0.25, 0.3) is 0 Å². The number of carbonyl (C=O) groups excluding carboxylic acids is 2. The smallest absolute Gasteiger partial charge is 0.319 e. The Kier molecular flexibility index (Phi) is 6.51. The van der Waals surface area contributed by atoms with Crippen LogP contribution >= 0.6 is 0 Å². The van der Waals surface area contributed by atoms with Gasteiger partial charge in [-0.3, -0.25) is 9.78 Å². The van der Waals surface area contributed by atoms with Crippen molar-refractivity contribution >= 4 is 23.3 Å². The molecule has 0 spiro atoms. The molecule has 1 atom stereocenters. The van der Waals surface area contributed by atoms with Crippen molar-refractivity contribution in [2.75, 3.05) is 10.6 Å². The van der Waals surface area contributed by atoms with Crippen molar-refractivity contribution in [3.8, 4) is 0 Å². The SMILES string of the molecule is CCC(=O)Nc1ccc(NC(=O)NC(CC)c2ccncc2)cc1C. The lowest BCUT2D eigenvalue weighted by Gasteiger charge is -2.18. The number of pyridine rings is 1. The first-order valence-electron chi connectivity index (χ1n) is 8.41. The summed E-state index contributed by atoms with van der Waals surface area (Å²) in [5, 5.41) is 8.62. The van der Waals surface area contributed by atoms with Crippen LogP contribution in [0.4, 0.5) is 16.2 Å². The number of carbonyl (C=O) groups is 2. The molecule has 0 fully saturated rings. The van der Waals surface area contributed by atoms with E-state index in [1.54, 1.807) is 31.5 Å². The van der Waals surface area contributed by atoms with Crippen LogP contribution in [0.2, 0.25) is 0 Å². The Morgan fingerprint density at radius 1 is 1.08 bits per heavy atom. The first-order valence-corrected chi connectivity index (χ1v) is 8.41. The number of amides is 3. The van der Waals surface area contributed by atoms with Crippen molar-refractivity contribution in [3.05, 3.63) is 53.9 Å². The molecule has 0 aliphatic carbocycles. The molecule has 0 aliphatic rings. The minimum atomic E-state index is -0.270. The third kappa shape index (κ3) is 5.31. The zero-order valence-electron chi connectivity index (χ0n) is 14.8. The highest BCUT2D eigenvalue weighted by atomic mass is 16.2. The summed E-state index contributed by atoms with van der Waals surface area (Å²) in [6, 6.07) is 8.83. The van der Waals surface area contributed by atoms with Gasteiger partial charge in [-0.15, -0.1) is 0 Å². The van der Waals surface area contributed by atoms with Gasteiger partial charge in [0.05, 0.1) is 6.04 Å². The highest BCUT2D eigenvalue weighted by Gasteiger charge is 2.13. The van der Waals surface area contributed by atoms with Crippen LogP contribution in [0.15, 0.2) is 42.7 Å². The number of aryl methyl sites for hydroxylation is 1. The minimum absolute atomic E-state index is 0.0373. The number of urea groups is 1. The van der Waals surface area contributed by atoms with Crippen LogP contribution in [0.3, 0.4) is 0 Å². The maximum atomic E-state index is 12.3. The monoisotopic (exact) mass is 340 g/mol. The van der Waals surface area contributed by atoms with Crippen molar-refractivity contribution in [2.24, 2.45) is 0 Å². The van der Waals surface area contributed by atoms with Crippen molar-refractivity contribution in [1.29, 1.82) is 0 Å². The lowest BCUT2D eigenvalue weighted by atomic mass is 10.1. The van der Waals surface area contributed by atoms with Gasteiger partial charge in [-0.25, -0.2) is 4.79 Å². The van der Waals surface area contributed by atoms with Crippen LogP contribution in [-0.2, 0) is 4.79 Å². The van der Waals surface area contributed by atoms with Crippen LogP contribution in [0, 0.1) is 6.92 Å². The topological polar surface area (TPSA) is 83.1 Å². The first-order chi connectivity index (χ1) is 12.0. The summed E-state index contributed by atoms with van der Waals surface area (Å²) in [5.74, 6) is -0.0373. The normalized spacial score (nSPS) is 11.5. The molecule has 3 N–H and O–H groups in total. The number of nitrogens with zero attached hydrogens (tertiary/aromatic N) is 1. The van der Waals surface area contributed by atoms with Crippen LogP contribution in [0.25, 0.3) is 0 Å². The summed E-state index contributed by atoms with van der Waals surface area (Å²) >= 11 is 0. The second kappa shape index (κ2) is 8.82. The van der Waals surface area contributed by atoms with Crippen molar-refractivity contribution in [3.63, 3.8) is 0 Å². The van der Waals surface area contributed by atoms with Crippen LogP contribution in [-0.4, -0.2) is 16.9 Å². The average Bonchev–Trinajstić information content (AvgIpc) is 2.62. The number of hydrogen-bond acceptors (Lipinski definition) is 3. The van der Waals surface area contributed by atoms with Gasteiger partial charge in [0, 0.05) is 30.2 Å². The third-order valence-corrected chi connectivity index (χ3v) is 3.90. The molecule has 1 heterocycles. The van der Waals surface area contributed by atoms with Gasteiger partial charge in [-0.1, -0.05) is 13.8 Å². The van der Waals surface area contributed by atoms with Crippen molar-refractivity contribution in [2.45, 2.75) is 39.7 Å².